The fraction of sp³-hybridized carbons (Fsp3) is 0.750. The fourth-order valence-corrected chi connectivity index (χ4v) is 3.22. The monoisotopic (exact) mass is 273 g/mol. The minimum absolute atomic E-state index is 0.651. The van der Waals surface area contributed by atoms with Crippen molar-refractivity contribution < 1.29 is 0 Å². The van der Waals surface area contributed by atoms with Gasteiger partial charge < -0.3 is 0 Å². The quantitative estimate of drug-likeness (QED) is 0.841. The van der Waals surface area contributed by atoms with Crippen LogP contribution in [-0.2, 0) is 6.54 Å². The Morgan fingerprint density at radius 1 is 1.41 bits per heavy atom. The highest BCUT2D eigenvalue weighted by Crippen LogP contribution is 2.20. The second kappa shape index (κ2) is 6.14. The van der Waals surface area contributed by atoms with Gasteiger partial charge in [0, 0.05) is 49.8 Å². The van der Waals surface area contributed by atoms with Gasteiger partial charge in [-0.05, 0) is 13.3 Å². The van der Waals surface area contributed by atoms with E-state index in [1.54, 1.807) is 11.3 Å². The summed E-state index contributed by atoms with van der Waals surface area (Å²) in [6, 6.07) is 0.718. The Kier molecular flexibility index (Phi) is 4.79. The molecule has 1 unspecified atom stereocenters. The lowest BCUT2D eigenvalue weighted by Gasteiger charge is -2.37. The van der Waals surface area contributed by atoms with E-state index in [1.807, 2.05) is 6.20 Å². The molecule has 0 amide bonds. The summed E-state index contributed by atoms with van der Waals surface area (Å²) in [7, 11) is 0. The average molecular weight is 274 g/mol. The van der Waals surface area contributed by atoms with Crippen LogP contribution in [-0.4, -0.2) is 47.0 Å². The summed E-state index contributed by atoms with van der Waals surface area (Å²) in [6.45, 7) is 10.2. The van der Waals surface area contributed by atoms with Crippen molar-refractivity contribution >= 4 is 22.9 Å². The summed E-state index contributed by atoms with van der Waals surface area (Å²) < 4.78 is 0.651. The van der Waals surface area contributed by atoms with Gasteiger partial charge in [-0.25, -0.2) is 4.98 Å². The van der Waals surface area contributed by atoms with E-state index in [9.17, 15) is 0 Å². The first-order chi connectivity index (χ1) is 8.19. The van der Waals surface area contributed by atoms with Crippen molar-refractivity contribution in [2.24, 2.45) is 0 Å². The third kappa shape index (κ3) is 3.65. The minimum atomic E-state index is 0.651. The van der Waals surface area contributed by atoms with Gasteiger partial charge in [0.15, 0.2) is 4.47 Å². The fourth-order valence-electron chi connectivity index (χ4n) is 2.20. The van der Waals surface area contributed by atoms with Gasteiger partial charge in [0.25, 0.3) is 0 Å². The Morgan fingerprint density at radius 3 is 2.65 bits per heavy atom. The molecule has 0 aliphatic carbocycles. The molecule has 2 rings (SSSR count). The number of hydrogen-bond acceptors (Lipinski definition) is 4. The highest BCUT2D eigenvalue weighted by molar-refractivity contribution is 7.15. The summed E-state index contributed by atoms with van der Waals surface area (Å²) in [5.41, 5.74) is 0. The molecule has 17 heavy (non-hydrogen) atoms. The number of aromatic nitrogens is 1. The molecule has 2 heterocycles. The molecule has 0 N–H and O–H groups in total. The van der Waals surface area contributed by atoms with Gasteiger partial charge >= 0.3 is 0 Å². The summed E-state index contributed by atoms with van der Waals surface area (Å²) in [6.07, 6.45) is 3.14. The molecule has 1 fully saturated rings. The molecule has 0 aromatic carbocycles. The van der Waals surface area contributed by atoms with Crippen molar-refractivity contribution in [3.8, 4) is 0 Å². The molecule has 1 aliphatic rings. The van der Waals surface area contributed by atoms with Gasteiger partial charge in [-0.3, -0.25) is 9.80 Å². The van der Waals surface area contributed by atoms with Crippen molar-refractivity contribution in [1.29, 1.82) is 0 Å². The molecular formula is C12H20ClN3S. The van der Waals surface area contributed by atoms with Crippen LogP contribution in [0.2, 0.25) is 4.47 Å². The number of piperazine rings is 1. The van der Waals surface area contributed by atoms with E-state index >= 15 is 0 Å². The van der Waals surface area contributed by atoms with Crippen LogP contribution >= 0.6 is 22.9 Å². The van der Waals surface area contributed by atoms with Crippen LogP contribution < -0.4 is 0 Å². The zero-order valence-electron chi connectivity index (χ0n) is 10.5. The van der Waals surface area contributed by atoms with Crippen molar-refractivity contribution in [2.75, 3.05) is 26.2 Å². The lowest BCUT2D eigenvalue weighted by Crippen LogP contribution is -2.48. The maximum atomic E-state index is 5.84. The summed E-state index contributed by atoms with van der Waals surface area (Å²) in [5.74, 6) is 0. The lowest BCUT2D eigenvalue weighted by molar-refractivity contribution is 0.0969. The van der Waals surface area contributed by atoms with Crippen molar-refractivity contribution in [3.05, 3.63) is 15.5 Å². The second-order valence-corrected chi connectivity index (χ2v) is 6.35. The van der Waals surface area contributed by atoms with E-state index in [0.29, 0.717) is 4.47 Å². The first-order valence-electron chi connectivity index (χ1n) is 6.25. The molecule has 0 radical (unpaired) electrons. The predicted molar refractivity (Wildman–Crippen MR) is 73.7 cm³/mol. The molecule has 1 aromatic heterocycles. The highest BCUT2D eigenvalue weighted by Gasteiger charge is 2.20. The van der Waals surface area contributed by atoms with Crippen LogP contribution in [0.4, 0.5) is 0 Å². The largest absolute Gasteiger partial charge is 0.298 e. The van der Waals surface area contributed by atoms with Gasteiger partial charge in [-0.1, -0.05) is 18.5 Å². The predicted octanol–water partition coefficient (Wildman–Crippen LogP) is 2.71. The van der Waals surface area contributed by atoms with Crippen molar-refractivity contribution in [1.82, 2.24) is 14.8 Å². The molecular weight excluding hydrogens is 254 g/mol. The minimum Gasteiger partial charge on any atom is -0.298 e. The molecule has 96 valence electrons. The zero-order chi connectivity index (χ0) is 12.3. The van der Waals surface area contributed by atoms with Gasteiger partial charge in [-0.15, -0.1) is 11.3 Å². The van der Waals surface area contributed by atoms with E-state index in [1.165, 1.54) is 24.4 Å². The normalized spacial score (nSPS) is 20.6. The first-order valence-corrected chi connectivity index (χ1v) is 7.45. The molecule has 3 nitrogen and oxygen atoms in total. The average Bonchev–Trinajstić information content (AvgIpc) is 2.75. The Bertz CT molecular complexity index is 347. The van der Waals surface area contributed by atoms with E-state index in [4.69, 9.17) is 11.6 Å². The first kappa shape index (κ1) is 13.3. The van der Waals surface area contributed by atoms with E-state index in [0.717, 1.165) is 25.7 Å². The van der Waals surface area contributed by atoms with Crippen molar-refractivity contribution in [2.45, 2.75) is 32.9 Å². The van der Waals surface area contributed by atoms with Crippen LogP contribution in [0.5, 0.6) is 0 Å². The molecule has 1 saturated heterocycles. The number of thiazole rings is 1. The molecule has 0 bridgehead atoms. The van der Waals surface area contributed by atoms with E-state index in [2.05, 4.69) is 28.6 Å². The smallest absolute Gasteiger partial charge is 0.183 e. The SMILES string of the molecule is CCC(C)N1CCN(Cc2cnc(Cl)s2)CC1. The summed E-state index contributed by atoms with van der Waals surface area (Å²) in [4.78, 5) is 10.4. The van der Waals surface area contributed by atoms with Gasteiger partial charge in [0.1, 0.15) is 0 Å². The summed E-state index contributed by atoms with van der Waals surface area (Å²) >= 11 is 7.43. The third-order valence-electron chi connectivity index (χ3n) is 3.53. The lowest BCUT2D eigenvalue weighted by atomic mass is 10.2. The Labute approximate surface area is 112 Å². The maximum Gasteiger partial charge on any atom is 0.183 e. The topological polar surface area (TPSA) is 19.4 Å². The third-order valence-corrected chi connectivity index (χ3v) is 4.63. The molecule has 0 spiro atoms. The van der Waals surface area contributed by atoms with Crippen molar-refractivity contribution in [3.63, 3.8) is 0 Å². The second-order valence-electron chi connectivity index (χ2n) is 4.65. The molecule has 0 saturated carbocycles. The molecule has 1 aromatic rings. The van der Waals surface area contributed by atoms with Gasteiger partial charge in [-0.2, -0.15) is 0 Å². The van der Waals surface area contributed by atoms with Crippen LogP contribution in [0, 0.1) is 0 Å². The van der Waals surface area contributed by atoms with Crippen LogP contribution in [0.25, 0.3) is 0 Å². The molecule has 1 aliphatic heterocycles. The Balaban J connectivity index is 1.79. The van der Waals surface area contributed by atoms with Crippen LogP contribution in [0.3, 0.4) is 0 Å². The Morgan fingerprint density at radius 2 is 2.12 bits per heavy atom. The molecule has 5 heteroatoms. The van der Waals surface area contributed by atoms with Gasteiger partial charge in [0.2, 0.25) is 0 Å². The highest BCUT2D eigenvalue weighted by atomic mass is 35.5. The Hall–Kier alpha value is -0.160. The standard InChI is InChI=1S/C12H20ClN3S/c1-3-10(2)16-6-4-15(5-7-16)9-11-8-14-12(13)17-11/h8,10H,3-7,9H2,1-2H3. The molecule has 1 atom stereocenters. The zero-order valence-corrected chi connectivity index (χ0v) is 12.1. The van der Waals surface area contributed by atoms with Crippen LogP contribution in [0.1, 0.15) is 25.1 Å². The van der Waals surface area contributed by atoms with E-state index < -0.39 is 0 Å². The van der Waals surface area contributed by atoms with Gasteiger partial charge in [0.05, 0.1) is 0 Å². The number of hydrogen-bond donors (Lipinski definition) is 0. The number of nitrogens with zero attached hydrogens (tertiary/aromatic N) is 3. The number of rotatable bonds is 4. The summed E-state index contributed by atoms with van der Waals surface area (Å²) in [5, 5.41) is 0. The van der Waals surface area contributed by atoms with E-state index in [-0.39, 0.29) is 0 Å². The maximum absolute atomic E-state index is 5.84. The van der Waals surface area contributed by atoms with Crippen LogP contribution in [0.15, 0.2) is 6.20 Å². The number of halogens is 1.